The Hall–Kier alpha value is -0.630. The van der Waals surface area contributed by atoms with Crippen molar-refractivity contribution in [3.05, 3.63) is 23.8 Å². The minimum atomic E-state index is 0.202. The van der Waals surface area contributed by atoms with Crippen molar-refractivity contribution in [3.8, 4) is 0 Å². The zero-order valence-electron chi connectivity index (χ0n) is 12.4. The van der Waals surface area contributed by atoms with E-state index in [0.29, 0.717) is 10.7 Å². The van der Waals surface area contributed by atoms with Crippen molar-refractivity contribution in [3.63, 3.8) is 0 Å². The van der Waals surface area contributed by atoms with Crippen LogP contribution in [0.15, 0.2) is 23.1 Å². The van der Waals surface area contributed by atoms with Gasteiger partial charge in [0, 0.05) is 16.7 Å². The SMILES string of the molecule is CC(C)(C)c1cccc2c1NCC(C(C)(C)C)S2. The Morgan fingerprint density at radius 3 is 2.33 bits per heavy atom. The molecule has 0 bridgehead atoms. The molecule has 100 valence electrons. The predicted octanol–water partition coefficient (Wildman–Crippen LogP) is 4.92. The van der Waals surface area contributed by atoms with Crippen LogP contribution in [0.5, 0.6) is 0 Å². The Labute approximate surface area is 116 Å². The zero-order chi connectivity index (χ0) is 13.6. The van der Waals surface area contributed by atoms with Crippen molar-refractivity contribution in [2.24, 2.45) is 5.41 Å². The molecule has 1 N–H and O–H groups in total. The molecule has 1 unspecified atom stereocenters. The van der Waals surface area contributed by atoms with Crippen LogP contribution in [-0.4, -0.2) is 11.8 Å². The fourth-order valence-corrected chi connectivity index (χ4v) is 3.59. The van der Waals surface area contributed by atoms with E-state index < -0.39 is 0 Å². The highest BCUT2D eigenvalue weighted by Crippen LogP contribution is 2.45. The highest BCUT2D eigenvalue weighted by atomic mass is 32.2. The third-order valence-electron chi connectivity index (χ3n) is 3.53. The van der Waals surface area contributed by atoms with Gasteiger partial charge in [-0.25, -0.2) is 0 Å². The molecular weight excluding hydrogens is 238 g/mol. The standard InChI is InChI=1S/C16H25NS/c1-15(2,3)11-8-7-9-12-14(11)17-10-13(18-12)16(4,5)6/h7-9,13,17H,10H2,1-6H3. The molecule has 0 spiro atoms. The first-order chi connectivity index (χ1) is 8.19. The zero-order valence-corrected chi connectivity index (χ0v) is 13.2. The Morgan fingerprint density at radius 2 is 1.78 bits per heavy atom. The first kappa shape index (κ1) is 13.8. The fraction of sp³-hybridized carbons (Fsp3) is 0.625. The van der Waals surface area contributed by atoms with Crippen LogP contribution in [0.4, 0.5) is 5.69 Å². The lowest BCUT2D eigenvalue weighted by molar-refractivity contribution is 0.401. The van der Waals surface area contributed by atoms with Crippen LogP contribution in [0.1, 0.15) is 47.1 Å². The van der Waals surface area contributed by atoms with Gasteiger partial charge in [0.25, 0.3) is 0 Å². The van der Waals surface area contributed by atoms with Gasteiger partial charge in [-0.2, -0.15) is 0 Å². The molecule has 0 amide bonds. The van der Waals surface area contributed by atoms with Gasteiger partial charge in [-0.05, 0) is 22.5 Å². The van der Waals surface area contributed by atoms with Gasteiger partial charge < -0.3 is 5.32 Å². The van der Waals surface area contributed by atoms with Gasteiger partial charge in [0.15, 0.2) is 0 Å². The summed E-state index contributed by atoms with van der Waals surface area (Å²) in [5.74, 6) is 0. The Morgan fingerprint density at radius 1 is 1.11 bits per heavy atom. The maximum absolute atomic E-state index is 3.67. The Balaban J connectivity index is 2.36. The van der Waals surface area contributed by atoms with E-state index in [-0.39, 0.29) is 5.41 Å². The highest BCUT2D eigenvalue weighted by molar-refractivity contribution is 8.00. The third-order valence-corrected chi connectivity index (χ3v) is 5.29. The summed E-state index contributed by atoms with van der Waals surface area (Å²) in [4.78, 5) is 1.41. The molecule has 1 aromatic carbocycles. The van der Waals surface area contributed by atoms with Crippen LogP contribution >= 0.6 is 11.8 Å². The summed E-state index contributed by atoms with van der Waals surface area (Å²) >= 11 is 2.03. The molecule has 1 aromatic rings. The monoisotopic (exact) mass is 263 g/mol. The quantitative estimate of drug-likeness (QED) is 0.713. The van der Waals surface area contributed by atoms with E-state index in [0.717, 1.165) is 6.54 Å². The topological polar surface area (TPSA) is 12.0 Å². The summed E-state index contributed by atoms with van der Waals surface area (Å²) in [6.45, 7) is 14.9. The minimum absolute atomic E-state index is 0.202. The second-order valence-electron chi connectivity index (χ2n) is 7.28. The van der Waals surface area contributed by atoms with Gasteiger partial charge in [-0.3, -0.25) is 0 Å². The average Bonchev–Trinajstić information content (AvgIpc) is 2.25. The number of benzene rings is 1. The summed E-state index contributed by atoms with van der Waals surface area (Å²) < 4.78 is 0. The molecule has 0 aromatic heterocycles. The molecule has 1 aliphatic heterocycles. The lowest BCUT2D eigenvalue weighted by atomic mass is 9.85. The summed E-state index contributed by atoms with van der Waals surface area (Å²) in [6, 6.07) is 6.70. The van der Waals surface area contributed by atoms with Crippen LogP contribution in [-0.2, 0) is 5.41 Å². The number of nitrogens with one attached hydrogen (secondary N) is 1. The number of hydrogen-bond donors (Lipinski definition) is 1. The molecule has 1 atom stereocenters. The van der Waals surface area contributed by atoms with E-state index in [1.807, 2.05) is 11.8 Å². The van der Waals surface area contributed by atoms with Gasteiger partial charge in [0.05, 0.1) is 5.69 Å². The van der Waals surface area contributed by atoms with E-state index >= 15 is 0 Å². The van der Waals surface area contributed by atoms with E-state index in [9.17, 15) is 0 Å². The van der Waals surface area contributed by atoms with Gasteiger partial charge >= 0.3 is 0 Å². The molecule has 1 aliphatic rings. The number of hydrogen-bond acceptors (Lipinski definition) is 2. The Bertz CT molecular complexity index is 437. The van der Waals surface area contributed by atoms with Crippen LogP contribution in [0.25, 0.3) is 0 Å². The third kappa shape index (κ3) is 2.69. The molecule has 0 radical (unpaired) electrons. The van der Waals surface area contributed by atoms with Crippen molar-refractivity contribution in [1.82, 2.24) is 0 Å². The van der Waals surface area contributed by atoms with Crippen LogP contribution in [0.3, 0.4) is 0 Å². The molecule has 1 heterocycles. The van der Waals surface area contributed by atoms with Crippen molar-refractivity contribution in [2.45, 2.75) is 57.1 Å². The van der Waals surface area contributed by atoms with E-state index in [4.69, 9.17) is 0 Å². The van der Waals surface area contributed by atoms with E-state index in [1.54, 1.807) is 0 Å². The van der Waals surface area contributed by atoms with Crippen molar-refractivity contribution in [1.29, 1.82) is 0 Å². The lowest BCUT2D eigenvalue weighted by Gasteiger charge is -2.37. The second kappa shape index (κ2) is 4.48. The Kier molecular flexibility index (Phi) is 3.44. The number of thioether (sulfide) groups is 1. The molecule has 0 aliphatic carbocycles. The van der Waals surface area contributed by atoms with E-state index in [1.165, 1.54) is 16.1 Å². The average molecular weight is 263 g/mol. The molecule has 2 heteroatoms. The summed E-state index contributed by atoms with van der Waals surface area (Å²) in [6.07, 6.45) is 0. The smallest absolute Gasteiger partial charge is 0.0516 e. The van der Waals surface area contributed by atoms with Crippen LogP contribution in [0.2, 0.25) is 0 Å². The van der Waals surface area contributed by atoms with Crippen molar-refractivity contribution < 1.29 is 0 Å². The maximum Gasteiger partial charge on any atom is 0.0516 e. The number of rotatable bonds is 0. The summed E-state index contributed by atoms with van der Waals surface area (Å²) in [7, 11) is 0. The normalized spacial score (nSPS) is 20.2. The minimum Gasteiger partial charge on any atom is -0.383 e. The molecule has 1 nitrogen and oxygen atoms in total. The predicted molar refractivity (Wildman–Crippen MR) is 82.7 cm³/mol. The molecule has 0 saturated heterocycles. The highest BCUT2D eigenvalue weighted by Gasteiger charge is 2.31. The largest absolute Gasteiger partial charge is 0.383 e. The van der Waals surface area contributed by atoms with E-state index in [2.05, 4.69) is 65.1 Å². The molecule has 2 rings (SSSR count). The van der Waals surface area contributed by atoms with Gasteiger partial charge in [0.2, 0.25) is 0 Å². The van der Waals surface area contributed by atoms with Crippen molar-refractivity contribution >= 4 is 17.4 Å². The summed E-state index contributed by atoms with van der Waals surface area (Å²) in [5.41, 5.74) is 3.33. The van der Waals surface area contributed by atoms with Gasteiger partial charge in [0.1, 0.15) is 0 Å². The molecule has 18 heavy (non-hydrogen) atoms. The first-order valence-corrected chi connectivity index (χ1v) is 7.61. The van der Waals surface area contributed by atoms with Crippen LogP contribution in [0, 0.1) is 5.41 Å². The van der Waals surface area contributed by atoms with Crippen LogP contribution < -0.4 is 5.32 Å². The van der Waals surface area contributed by atoms with Gasteiger partial charge in [-0.15, -0.1) is 11.8 Å². The fourth-order valence-electron chi connectivity index (χ4n) is 2.31. The number of fused-ring (bicyclic) bond motifs is 1. The summed E-state index contributed by atoms with van der Waals surface area (Å²) in [5, 5.41) is 4.31. The lowest BCUT2D eigenvalue weighted by Crippen LogP contribution is -2.34. The first-order valence-electron chi connectivity index (χ1n) is 6.73. The second-order valence-corrected chi connectivity index (χ2v) is 8.53. The van der Waals surface area contributed by atoms with Gasteiger partial charge in [-0.1, -0.05) is 53.7 Å². The van der Waals surface area contributed by atoms with Crippen molar-refractivity contribution in [2.75, 3.05) is 11.9 Å². The molecule has 0 saturated carbocycles. The maximum atomic E-state index is 3.67. The molecular formula is C16H25NS. The number of anilines is 1. The number of para-hydroxylation sites is 1. The molecule has 0 fully saturated rings.